The van der Waals surface area contributed by atoms with Crippen molar-refractivity contribution in [3.05, 3.63) is 0 Å². The minimum Gasteiger partial charge on any atom is -0.329 e. The van der Waals surface area contributed by atoms with Gasteiger partial charge >= 0.3 is 0 Å². The fourth-order valence-electron chi connectivity index (χ4n) is 1.21. The fraction of sp³-hybridized carbons (Fsp3) is 1.00. The summed E-state index contributed by atoms with van der Waals surface area (Å²) in [5.41, 5.74) is 5.09. The first kappa shape index (κ1) is 16.7. The van der Waals surface area contributed by atoms with Gasteiger partial charge in [-0.3, -0.25) is 0 Å². The summed E-state index contributed by atoms with van der Waals surface area (Å²) in [6.07, 6.45) is -2.24. The molecule has 0 saturated carbocycles. The van der Waals surface area contributed by atoms with Crippen LogP contribution in [0.5, 0.6) is 0 Å². The predicted molar refractivity (Wildman–Crippen MR) is 64.5 cm³/mol. The van der Waals surface area contributed by atoms with Crippen molar-refractivity contribution in [1.29, 1.82) is 0 Å². The second kappa shape index (κ2) is 6.61. The zero-order chi connectivity index (χ0) is 13.7. The Kier molecular flexibility index (Phi) is 6.50. The van der Waals surface area contributed by atoms with Crippen molar-refractivity contribution in [3.63, 3.8) is 0 Å². The first-order valence-corrected chi connectivity index (χ1v) is 7.15. The predicted octanol–water partition coefficient (Wildman–Crippen LogP) is 1.28. The Bertz CT molecular complexity index is 313. The van der Waals surface area contributed by atoms with Crippen molar-refractivity contribution in [2.45, 2.75) is 33.6 Å². The lowest BCUT2D eigenvalue weighted by Gasteiger charge is -2.24. The smallest absolute Gasteiger partial charge is 0.252 e. The number of hydrogen-bond acceptors (Lipinski definition) is 3. The summed E-state index contributed by atoms with van der Waals surface area (Å²) in [6.45, 7) is 4.93. The summed E-state index contributed by atoms with van der Waals surface area (Å²) < 4.78 is 49.0. The minimum absolute atomic E-state index is 0.0431. The van der Waals surface area contributed by atoms with Gasteiger partial charge in [0.1, 0.15) is 0 Å². The lowest BCUT2D eigenvalue weighted by Crippen LogP contribution is -2.40. The van der Waals surface area contributed by atoms with Gasteiger partial charge in [-0.1, -0.05) is 20.8 Å². The van der Waals surface area contributed by atoms with Crippen molar-refractivity contribution in [2.24, 2.45) is 11.1 Å². The van der Waals surface area contributed by atoms with Crippen LogP contribution in [0.4, 0.5) is 8.78 Å². The van der Waals surface area contributed by atoms with E-state index in [1.807, 2.05) is 20.8 Å². The van der Waals surface area contributed by atoms with Crippen LogP contribution in [-0.2, 0) is 10.0 Å². The van der Waals surface area contributed by atoms with Crippen LogP contribution in [0.15, 0.2) is 0 Å². The number of alkyl halides is 2. The quantitative estimate of drug-likeness (QED) is 0.759. The molecule has 0 amide bonds. The first-order valence-electron chi connectivity index (χ1n) is 5.54. The van der Waals surface area contributed by atoms with E-state index < -0.39 is 23.0 Å². The van der Waals surface area contributed by atoms with E-state index in [1.165, 1.54) is 0 Å². The number of rotatable bonds is 7. The molecule has 17 heavy (non-hydrogen) atoms. The Morgan fingerprint density at radius 2 is 1.82 bits per heavy atom. The van der Waals surface area contributed by atoms with Crippen LogP contribution in [0.2, 0.25) is 0 Å². The highest BCUT2D eigenvalue weighted by Crippen LogP contribution is 2.20. The normalized spacial score (nSPS) is 13.6. The third kappa shape index (κ3) is 7.62. The number of hydrogen-bond donors (Lipinski definition) is 1. The van der Waals surface area contributed by atoms with Gasteiger partial charge in [-0.05, 0) is 11.8 Å². The average Bonchev–Trinajstić information content (AvgIpc) is 2.13. The molecule has 0 rings (SSSR count). The molecule has 0 aromatic carbocycles. The summed E-state index contributed by atoms with van der Waals surface area (Å²) in [5, 5.41) is 0. The summed E-state index contributed by atoms with van der Waals surface area (Å²) in [6, 6.07) is 0. The topological polar surface area (TPSA) is 63.4 Å². The van der Waals surface area contributed by atoms with Gasteiger partial charge in [-0.25, -0.2) is 17.2 Å². The second-order valence-electron chi connectivity index (χ2n) is 5.16. The number of sulfonamides is 1. The molecule has 0 spiro atoms. The van der Waals surface area contributed by atoms with E-state index in [2.05, 4.69) is 0 Å². The molecule has 0 atom stereocenters. The van der Waals surface area contributed by atoms with E-state index in [1.54, 1.807) is 0 Å². The highest BCUT2D eigenvalue weighted by atomic mass is 32.2. The molecule has 0 aliphatic rings. The summed E-state index contributed by atoms with van der Waals surface area (Å²) >= 11 is 0. The lowest BCUT2D eigenvalue weighted by atomic mass is 9.94. The van der Waals surface area contributed by atoms with Crippen molar-refractivity contribution >= 4 is 10.0 Å². The zero-order valence-corrected chi connectivity index (χ0v) is 11.4. The third-order valence-electron chi connectivity index (χ3n) is 2.22. The van der Waals surface area contributed by atoms with Gasteiger partial charge in [0.05, 0.1) is 12.3 Å². The first-order chi connectivity index (χ1) is 7.58. The van der Waals surface area contributed by atoms with Crippen LogP contribution in [0.1, 0.15) is 27.2 Å². The molecule has 0 fully saturated rings. The van der Waals surface area contributed by atoms with Gasteiger partial charge in [-0.2, -0.15) is 4.31 Å². The number of halogens is 2. The van der Waals surface area contributed by atoms with Gasteiger partial charge in [-0.15, -0.1) is 0 Å². The lowest BCUT2D eigenvalue weighted by molar-refractivity contribution is 0.120. The Balaban J connectivity index is 4.60. The van der Waals surface area contributed by atoms with Crippen LogP contribution in [-0.4, -0.2) is 44.5 Å². The van der Waals surface area contributed by atoms with Gasteiger partial charge in [0.25, 0.3) is 6.43 Å². The molecular weight excluding hydrogens is 250 g/mol. The Morgan fingerprint density at radius 3 is 2.18 bits per heavy atom. The standard InChI is InChI=1S/C10H22F2N2O2S/c1-10(2,3)4-7-17(15,16)14(6-5-13)8-9(11)12/h9H,4-8,13H2,1-3H3. The molecule has 0 aromatic rings. The van der Waals surface area contributed by atoms with Crippen LogP contribution >= 0.6 is 0 Å². The summed E-state index contributed by atoms with van der Waals surface area (Å²) in [4.78, 5) is 0. The molecule has 0 aliphatic carbocycles. The van der Waals surface area contributed by atoms with Crippen LogP contribution in [0.3, 0.4) is 0 Å². The largest absolute Gasteiger partial charge is 0.329 e. The van der Waals surface area contributed by atoms with Gasteiger partial charge < -0.3 is 5.73 Å². The van der Waals surface area contributed by atoms with Gasteiger partial charge in [0, 0.05) is 13.1 Å². The van der Waals surface area contributed by atoms with Gasteiger partial charge in [0.2, 0.25) is 10.0 Å². The van der Waals surface area contributed by atoms with Gasteiger partial charge in [0.15, 0.2) is 0 Å². The highest BCUT2D eigenvalue weighted by molar-refractivity contribution is 7.89. The van der Waals surface area contributed by atoms with Crippen LogP contribution in [0.25, 0.3) is 0 Å². The molecule has 0 aliphatic heterocycles. The molecule has 104 valence electrons. The van der Waals surface area contributed by atoms with Crippen molar-refractivity contribution in [3.8, 4) is 0 Å². The Morgan fingerprint density at radius 1 is 1.29 bits per heavy atom. The van der Waals surface area contributed by atoms with E-state index in [9.17, 15) is 17.2 Å². The van der Waals surface area contributed by atoms with Crippen molar-refractivity contribution < 1.29 is 17.2 Å². The van der Waals surface area contributed by atoms with E-state index in [0.717, 1.165) is 4.31 Å². The maximum absolute atomic E-state index is 12.3. The van der Waals surface area contributed by atoms with E-state index in [0.29, 0.717) is 6.42 Å². The molecule has 0 radical (unpaired) electrons. The van der Waals surface area contributed by atoms with Crippen LogP contribution < -0.4 is 5.73 Å². The molecule has 0 bridgehead atoms. The third-order valence-corrected chi connectivity index (χ3v) is 4.06. The average molecular weight is 272 g/mol. The molecular formula is C10H22F2N2O2S. The maximum atomic E-state index is 12.3. The van der Waals surface area contributed by atoms with Crippen molar-refractivity contribution in [1.82, 2.24) is 4.31 Å². The summed E-state index contributed by atoms with van der Waals surface area (Å²) in [5.74, 6) is -0.122. The van der Waals surface area contributed by atoms with Crippen LogP contribution in [0, 0.1) is 5.41 Å². The molecule has 0 aromatic heterocycles. The molecule has 0 heterocycles. The monoisotopic (exact) mass is 272 g/mol. The van der Waals surface area contributed by atoms with E-state index in [4.69, 9.17) is 5.73 Å². The number of nitrogens with zero attached hydrogens (tertiary/aromatic N) is 1. The molecule has 7 heteroatoms. The number of nitrogens with two attached hydrogens (primary N) is 1. The highest BCUT2D eigenvalue weighted by Gasteiger charge is 2.26. The van der Waals surface area contributed by atoms with Crippen molar-refractivity contribution in [2.75, 3.05) is 25.4 Å². The minimum atomic E-state index is -3.64. The summed E-state index contributed by atoms with van der Waals surface area (Å²) in [7, 11) is -3.64. The Labute approximate surface area is 102 Å². The maximum Gasteiger partial charge on any atom is 0.252 e. The van der Waals surface area contributed by atoms with E-state index in [-0.39, 0.29) is 24.3 Å². The molecule has 0 saturated heterocycles. The fourth-order valence-corrected chi connectivity index (χ4v) is 3.06. The molecule has 0 unspecified atom stereocenters. The zero-order valence-electron chi connectivity index (χ0n) is 10.6. The molecule has 4 nitrogen and oxygen atoms in total. The second-order valence-corrected chi connectivity index (χ2v) is 7.25. The SMILES string of the molecule is CC(C)(C)CCS(=O)(=O)N(CCN)CC(F)F. The molecule has 2 N–H and O–H groups in total. The van der Waals surface area contributed by atoms with E-state index >= 15 is 0 Å². The Hall–Kier alpha value is -0.270.